The summed E-state index contributed by atoms with van der Waals surface area (Å²) in [6, 6.07) is 26.7. The Bertz CT molecular complexity index is 5450. The molecule has 34 heteroatoms. The van der Waals surface area contributed by atoms with Crippen molar-refractivity contribution in [2.45, 2.75) is 305 Å². The average molecular weight is 1920 g/mol. The van der Waals surface area contributed by atoms with Gasteiger partial charge in [0.2, 0.25) is 53.2 Å². The summed E-state index contributed by atoms with van der Waals surface area (Å²) >= 11 is 0. The van der Waals surface area contributed by atoms with Crippen molar-refractivity contribution in [1.29, 1.82) is 0 Å². The predicted octanol–water partition coefficient (Wildman–Crippen LogP) is 12.2. The van der Waals surface area contributed by atoms with E-state index in [1.54, 1.807) is 42.4 Å². The molecule has 0 radical (unpaired) electrons. The zero-order chi connectivity index (χ0) is 100. The summed E-state index contributed by atoms with van der Waals surface area (Å²) in [7, 11) is 1.85. The molecule has 5 heterocycles. The number of amides is 10. The second-order valence-electron chi connectivity index (χ2n) is 35.8. The van der Waals surface area contributed by atoms with Gasteiger partial charge < -0.3 is 82.0 Å². The van der Waals surface area contributed by atoms with Crippen LogP contribution in [0.1, 0.15) is 275 Å². The Hall–Kier alpha value is -13.1. The van der Waals surface area contributed by atoms with Gasteiger partial charge in [0.1, 0.15) is 49.2 Å². The first-order valence-corrected chi connectivity index (χ1v) is 49.0. The number of aliphatic hydroxyl groups is 1. The molecule has 10 rings (SSSR count). The van der Waals surface area contributed by atoms with Crippen LogP contribution in [0, 0.1) is 5.92 Å². The highest BCUT2D eigenvalue weighted by molar-refractivity contribution is 5.96. The quantitative estimate of drug-likeness (QED) is 0.00958. The molecule has 139 heavy (non-hydrogen) atoms. The number of rotatable bonds is 56. The van der Waals surface area contributed by atoms with Gasteiger partial charge in [0, 0.05) is 108 Å². The molecule has 10 amide bonds. The van der Waals surface area contributed by atoms with Crippen molar-refractivity contribution in [1.82, 2.24) is 82.6 Å². The minimum atomic E-state index is -1.92. The molecular formula is C105H147N17O17. The number of nitrogens with zero attached hydrogens (tertiary/aromatic N) is 7. The van der Waals surface area contributed by atoms with Crippen molar-refractivity contribution < 1.29 is 76.9 Å². The number of aryl methyl sites for hydroxylation is 2. The number of esters is 1. The van der Waals surface area contributed by atoms with E-state index in [-0.39, 0.29) is 135 Å². The van der Waals surface area contributed by atoms with Crippen LogP contribution >= 0.6 is 0 Å². The summed E-state index contributed by atoms with van der Waals surface area (Å²) in [6.45, 7) is 29.7. The highest BCUT2D eigenvalue weighted by Gasteiger charge is 2.46. The third kappa shape index (κ3) is 30.7. The van der Waals surface area contributed by atoms with Gasteiger partial charge in [-0.1, -0.05) is 168 Å². The number of hydrogen-bond acceptors (Lipinski definition) is 22. The van der Waals surface area contributed by atoms with E-state index in [0.717, 1.165) is 88.7 Å². The molecule has 754 valence electrons. The molecule has 0 saturated carbocycles. The number of benzene rings is 4. The molecule has 7 aromatic rings. The topological polar surface area (TPSA) is 445 Å². The molecule has 11 N–H and O–H groups in total. The number of carbonyl (C=O) groups is 12. The highest BCUT2D eigenvalue weighted by Crippen LogP contribution is 2.46. The lowest BCUT2D eigenvalue weighted by Gasteiger charge is -2.31. The lowest BCUT2D eigenvalue weighted by Crippen LogP contribution is -2.52. The maximum absolute atomic E-state index is 14.3. The highest BCUT2D eigenvalue weighted by atomic mass is 16.6. The average Bonchev–Trinajstić information content (AvgIpc) is 1.51. The molecule has 0 bridgehead atoms. The van der Waals surface area contributed by atoms with Crippen molar-refractivity contribution in [3.8, 4) is 28.3 Å². The van der Waals surface area contributed by atoms with Crippen molar-refractivity contribution in [3.63, 3.8) is 0 Å². The Morgan fingerprint density at radius 1 is 0.619 bits per heavy atom. The molecule has 2 aliphatic heterocycles. The number of Topliss-reactive ketones (excluding diaryl/α,β-unsaturated/α-hetero) is 1. The van der Waals surface area contributed by atoms with Crippen LogP contribution < -0.4 is 68.4 Å². The summed E-state index contributed by atoms with van der Waals surface area (Å²) in [5, 5.41) is 48.9. The second kappa shape index (κ2) is 55.5. The van der Waals surface area contributed by atoms with Gasteiger partial charge in [0.05, 0.1) is 46.4 Å². The first-order valence-electron chi connectivity index (χ1n) is 49.0. The minimum absolute atomic E-state index is 0. The number of unbranched alkanes of at least 4 members (excludes halogenated alkanes) is 6. The maximum atomic E-state index is 14.3. The fraction of sp³-hybridized carbons (Fsp3) is 0.524. The summed E-state index contributed by atoms with van der Waals surface area (Å²) in [5.74, 6) is -3.80. The fourth-order valence-electron chi connectivity index (χ4n) is 17.5. The van der Waals surface area contributed by atoms with Crippen LogP contribution in [0.15, 0.2) is 134 Å². The summed E-state index contributed by atoms with van der Waals surface area (Å²) in [6.07, 6.45) is 15.2. The molecule has 1 aliphatic carbocycles. The van der Waals surface area contributed by atoms with Crippen LogP contribution in [-0.4, -0.2) is 188 Å². The Kier molecular flexibility index (Phi) is 44.3. The largest absolute Gasteiger partial charge is 0.473 e. The van der Waals surface area contributed by atoms with Crippen LogP contribution in [0.25, 0.3) is 33.4 Å². The number of pyridine rings is 2. The normalized spacial score (nSPS) is 15.0. The van der Waals surface area contributed by atoms with Crippen molar-refractivity contribution >= 4 is 87.6 Å². The number of cyclic esters (lactones) is 1. The van der Waals surface area contributed by atoms with Crippen molar-refractivity contribution in [2.75, 3.05) is 51.5 Å². The predicted molar refractivity (Wildman–Crippen MR) is 535 cm³/mol. The van der Waals surface area contributed by atoms with Gasteiger partial charge in [0.25, 0.3) is 5.56 Å². The summed E-state index contributed by atoms with van der Waals surface area (Å²) in [5.41, 5.74) is 8.91. The standard InChI is InChI=1S/C57H59N7O8.C47H84N10O9.CH4/c1-6-39-44-27-38(22-24-49(44)58-53-45(39)30-63-51(53)28-48-47(54(63)66)33-70-55(67)57(48,69)7-2)72-34-64(37-16-10-8-11-17-37)56(68)71-32-46-41-19-14-13-18-40(41)42-23-21-36(26-43(42)46)29-61(5)52(65)20-12-9-15-25-62-31-50(35(3)4)59-60-62;1-10-17-27-50-42(61)34(31-41(60)39(56-47(66)38(14-5)55-33(9)59)25-19-22-29-51-43(62)35(11-2)48-15-6)24-18-21-28-53-45(64)40(57-46(65)36(12-3)49-16-7)26-20-23-30-52-44(63)37(13-4)54-32(8)58;/h8,10-11,13-14,16-19,21-24,26-28,31,35,46,69H,6-7,9,12,15,20,25,29-30,32-34H2,1-5H3;15-16,34-40,48-49H,6-7,10-14,17-31H2,1-5,8-9H3,(H,50,61)(H,51,62)(H,52,63)(H,53,64)(H,54,58)(H,55,59)(H,56,66)(H,57,65);1H4/t46?,57-;34-,35+,36-,37+,38-,39-,40-;/m00./s1. The van der Waals surface area contributed by atoms with E-state index >= 15 is 0 Å². The van der Waals surface area contributed by atoms with Gasteiger partial charge in [0.15, 0.2) is 18.1 Å². The number of aromatic nitrogens is 5. The van der Waals surface area contributed by atoms with Gasteiger partial charge in [-0.2, -0.15) is 0 Å². The third-order valence-electron chi connectivity index (χ3n) is 25.5. The Balaban J connectivity index is 0.000000341. The van der Waals surface area contributed by atoms with Crippen LogP contribution in [0.3, 0.4) is 0 Å². The molecule has 4 aromatic carbocycles. The summed E-state index contributed by atoms with van der Waals surface area (Å²) < 4.78 is 21.4. The molecule has 3 aromatic heterocycles. The Morgan fingerprint density at radius 2 is 1.20 bits per heavy atom. The molecule has 1 unspecified atom stereocenters. The fourth-order valence-corrected chi connectivity index (χ4v) is 17.5. The van der Waals surface area contributed by atoms with Crippen LogP contribution in [0.4, 0.5) is 10.5 Å². The van der Waals surface area contributed by atoms with Gasteiger partial charge in [-0.15, -0.1) is 5.10 Å². The van der Waals surface area contributed by atoms with Crippen molar-refractivity contribution in [3.05, 3.63) is 184 Å². The number of fused-ring (bicyclic) bond motifs is 8. The van der Waals surface area contributed by atoms with Gasteiger partial charge in [-0.05, 0) is 197 Å². The number of hydrogen-bond donors (Lipinski definition) is 11. The molecular weight excluding hydrogens is 1770 g/mol. The van der Waals surface area contributed by atoms with E-state index in [1.165, 1.54) is 31.1 Å². The zero-order valence-corrected chi connectivity index (χ0v) is 82.3. The van der Waals surface area contributed by atoms with E-state index in [4.69, 9.17) is 19.2 Å². The number of anilines is 1. The number of ketones is 1. The molecule has 0 saturated heterocycles. The lowest BCUT2D eigenvalue weighted by molar-refractivity contribution is -0.172. The first kappa shape index (κ1) is 111. The molecule has 0 spiro atoms. The Labute approximate surface area is 817 Å². The first-order chi connectivity index (χ1) is 66.4. The smallest absolute Gasteiger partial charge is 0.417 e. The lowest BCUT2D eigenvalue weighted by atomic mass is 9.86. The second-order valence-corrected chi connectivity index (χ2v) is 35.8. The monoisotopic (exact) mass is 1920 g/mol. The molecule has 9 atom stereocenters. The zero-order valence-electron chi connectivity index (χ0n) is 82.3. The molecule has 34 nitrogen and oxygen atoms in total. The van der Waals surface area contributed by atoms with Crippen LogP contribution in [-0.2, 0) is 100 Å². The summed E-state index contributed by atoms with van der Waals surface area (Å²) in [4.78, 5) is 178. The number of para-hydroxylation sites is 1. The van der Waals surface area contributed by atoms with E-state index < -0.39 is 65.7 Å². The number of nitrogens with one attached hydrogen (secondary N) is 10. The third-order valence-corrected chi connectivity index (χ3v) is 25.5. The van der Waals surface area contributed by atoms with Crippen LogP contribution in [0.5, 0.6) is 5.75 Å². The van der Waals surface area contributed by atoms with E-state index in [1.807, 2.05) is 100 Å². The Morgan fingerprint density at radius 3 is 1.82 bits per heavy atom. The van der Waals surface area contributed by atoms with Crippen LogP contribution in [0.2, 0.25) is 0 Å². The molecule has 0 fully saturated rings. The van der Waals surface area contributed by atoms with E-state index in [2.05, 4.69) is 121 Å². The maximum Gasteiger partial charge on any atom is 0.417 e. The van der Waals surface area contributed by atoms with E-state index in [9.17, 15) is 67.4 Å². The van der Waals surface area contributed by atoms with Gasteiger partial charge in [-0.25, -0.2) is 19.5 Å². The number of carbonyl (C=O) groups excluding carboxylic acids is 12. The van der Waals surface area contributed by atoms with Gasteiger partial charge >= 0.3 is 12.1 Å². The minimum Gasteiger partial charge on any atom is -0.473 e. The van der Waals surface area contributed by atoms with E-state index in [0.29, 0.717) is 150 Å². The molecule has 3 aliphatic rings. The van der Waals surface area contributed by atoms with Crippen molar-refractivity contribution in [2.24, 2.45) is 5.92 Å². The SMILES string of the molecule is C.C=CN[C@@H](CC)C(=O)N[C@@H](CCCCNC(=O)[C@@H](CC)NC(C)=O)C(=O)NCCCC[C@@H](CC(=O)[C@H](CCCCNC(=O)[C@@H](CC)NC=C)NC(=O)[C@H](CC)NC(C)=O)C(=O)NCCCC.CCc1c2c(nc3ccc(OCN(C(=O)OCC4c5ccccc5-c5ccc(CN(C)C(=O)CCCCCn6cc(C(C)C)nn6)cc54)c4ccccc4)cc13)-c1cc3c(c(=O)n1C2)COC(=O)[C@]3(O)CC. The number of ether oxygens (including phenoxy) is 3. The van der Waals surface area contributed by atoms with Gasteiger partial charge in [-0.3, -0.25) is 57.4 Å².